The minimum atomic E-state index is -0.529. The quantitative estimate of drug-likeness (QED) is 0.106. The van der Waals surface area contributed by atoms with Crippen LogP contribution in [0.2, 0.25) is 5.02 Å². The van der Waals surface area contributed by atoms with E-state index >= 15 is 0 Å². The first-order valence-electron chi connectivity index (χ1n) is 14.2. The van der Waals surface area contributed by atoms with Gasteiger partial charge in [0, 0.05) is 26.9 Å². The fraction of sp³-hybridized carbons (Fsp3) is 0.0541. The number of thioether (sulfide) groups is 1. The Morgan fingerprint density at radius 1 is 0.689 bits per heavy atom. The van der Waals surface area contributed by atoms with E-state index in [2.05, 4.69) is 16.0 Å². The summed E-state index contributed by atoms with van der Waals surface area (Å²) in [6.45, 7) is 1.94. The van der Waals surface area contributed by atoms with Crippen LogP contribution in [0.3, 0.4) is 0 Å². The van der Waals surface area contributed by atoms with Crippen molar-refractivity contribution in [2.45, 2.75) is 17.1 Å². The lowest BCUT2D eigenvalue weighted by atomic mass is 10.1. The predicted octanol–water partition coefficient (Wildman–Crippen LogP) is 8.53. The number of benzene rings is 5. The van der Waals surface area contributed by atoms with Crippen molar-refractivity contribution in [1.82, 2.24) is 5.32 Å². The molecule has 3 amide bonds. The number of anilines is 2. The summed E-state index contributed by atoms with van der Waals surface area (Å²) in [5, 5.41) is 8.70. The summed E-state index contributed by atoms with van der Waals surface area (Å²) in [7, 11) is 0. The highest BCUT2D eigenvalue weighted by Crippen LogP contribution is 2.37. The molecule has 0 aliphatic carbocycles. The Labute approximate surface area is 271 Å². The lowest BCUT2D eigenvalue weighted by Crippen LogP contribution is -2.30. The van der Waals surface area contributed by atoms with Crippen molar-refractivity contribution >= 4 is 58.5 Å². The zero-order valence-corrected chi connectivity index (χ0v) is 25.9. The SMILES string of the molecule is Cc1ccccc1/C=C(\NC(=O)c1ccccc1)C(=O)Nc1ccc(SC(C(=O)Nc2ccc(Cl)cc2)c2ccccc2)cc1. The maximum Gasteiger partial charge on any atom is 0.272 e. The fourth-order valence-electron chi connectivity index (χ4n) is 4.44. The van der Waals surface area contributed by atoms with Crippen molar-refractivity contribution in [3.63, 3.8) is 0 Å². The second-order valence-corrected chi connectivity index (χ2v) is 11.7. The summed E-state index contributed by atoms with van der Waals surface area (Å²) in [5.41, 5.74) is 4.37. The molecule has 0 saturated carbocycles. The van der Waals surface area contributed by atoms with Gasteiger partial charge in [0.05, 0.1) is 0 Å². The van der Waals surface area contributed by atoms with Gasteiger partial charge < -0.3 is 16.0 Å². The van der Waals surface area contributed by atoms with Crippen LogP contribution in [0.5, 0.6) is 0 Å². The van der Waals surface area contributed by atoms with Crippen molar-refractivity contribution < 1.29 is 14.4 Å². The van der Waals surface area contributed by atoms with Crippen LogP contribution >= 0.6 is 23.4 Å². The van der Waals surface area contributed by atoms with Gasteiger partial charge in [-0.05, 0) is 90.4 Å². The molecule has 0 radical (unpaired) electrons. The summed E-state index contributed by atoms with van der Waals surface area (Å²) in [6, 6.07) is 40.1. The number of halogens is 1. The van der Waals surface area contributed by atoms with Gasteiger partial charge in [-0.15, -0.1) is 11.8 Å². The van der Waals surface area contributed by atoms with Gasteiger partial charge in [0.15, 0.2) is 0 Å². The number of carbonyl (C=O) groups excluding carboxylic acids is 3. The standard InChI is InChI=1S/C37H30ClN3O3S/c1-25-10-8-9-15-28(25)24-33(41-35(42)27-13-6-3-7-14-27)36(43)39-31-20-22-32(23-21-31)45-34(26-11-4-2-5-12-26)37(44)40-30-18-16-29(38)17-19-30/h2-24,34H,1H3,(H,39,43)(H,40,44)(H,41,42)/b33-24-. The Hall–Kier alpha value is -5.11. The van der Waals surface area contributed by atoms with Crippen LogP contribution in [-0.4, -0.2) is 17.7 Å². The third kappa shape index (κ3) is 8.72. The molecule has 1 atom stereocenters. The molecule has 1 unspecified atom stereocenters. The molecule has 5 aromatic rings. The van der Waals surface area contributed by atoms with Gasteiger partial charge in [0.25, 0.3) is 11.8 Å². The molecule has 0 heterocycles. The molecule has 0 aliphatic rings. The molecule has 0 aromatic heterocycles. The fourth-order valence-corrected chi connectivity index (χ4v) is 5.59. The summed E-state index contributed by atoms with van der Waals surface area (Å²) >= 11 is 7.40. The first-order chi connectivity index (χ1) is 21.9. The third-order valence-corrected chi connectivity index (χ3v) is 8.35. The van der Waals surface area contributed by atoms with Crippen LogP contribution in [-0.2, 0) is 9.59 Å². The zero-order valence-electron chi connectivity index (χ0n) is 24.4. The van der Waals surface area contributed by atoms with Gasteiger partial charge in [0.2, 0.25) is 5.91 Å². The van der Waals surface area contributed by atoms with E-state index in [-0.39, 0.29) is 17.5 Å². The highest BCUT2D eigenvalue weighted by molar-refractivity contribution is 8.00. The molecule has 8 heteroatoms. The molecular weight excluding hydrogens is 602 g/mol. The Bertz CT molecular complexity index is 1810. The van der Waals surface area contributed by atoms with Crippen LogP contribution in [0, 0.1) is 6.92 Å². The Kier molecular flexibility index (Phi) is 10.5. The number of hydrogen-bond donors (Lipinski definition) is 3. The average molecular weight is 632 g/mol. The molecule has 0 spiro atoms. The molecule has 5 rings (SSSR count). The first kappa shape index (κ1) is 31.3. The van der Waals surface area contributed by atoms with Gasteiger partial charge in [-0.25, -0.2) is 0 Å². The largest absolute Gasteiger partial charge is 0.325 e. The number of amides is 3. The summed E-state index contributed by atoms with van der Waals surface area (Å²) < 4.78 is 0. The minimum Gasteiger partial charge on any atom is -0.325 e. The second kappa shape index (κ2) is 15.1. The van der Waals surface area contributed by atoms with Gasteiger partial charge >= 0.3 is 0 Å². The first-order valence-corrected chi connectivity index (χ1v) is 15.4. The molecule has 0 fully saturated rings. The summed E-state index contributed by atoms with van der Waals surface area (Å²) in [6.07, 6.45) is 1.67. The normalized spacial score (nSPS) is 11.7. The van der Waals surface area contributed by atoms with E-state index in [0.29, 0.717) is 22.0 Å². The van der Waals surface area contributed by atoms with Crippen molar-refractivity contribution in [3.8, 4) is 0 Å². The Morgan fingerprint density at radius 3 is 1.93 bits per heavy atom. The van der Waals surface area contributed by atoms with Crippen molar-refractivity contribution in [2.75, 3.05) is 10.6 Å². The van der Waals surface area contributed by atoms with Crippen LogP contribution in [0.1, 0.15) is 32.3 Å². The molecule has 224 valence electrons. The summed E-state index contributed by atoms with van der Waals surface area (Å²) in [4.78, 5) is 40.7. The van der Waals surface area contributed by atoms with Crippen molar-refractivity contribution in [2.24, 2.45) is 0 Å². The van der Waals surface area contributed by atoms with Crippen molar-refractivity contribution in [1.29, 1.82) is 0 Å². The molecule has 0 aliphatic heterocycles. The lowest BCUT2D eigenvalue weighted by molar-refractivity contribution is -0.116. The highest BCUT2D eigenvalue weighted by Gasteiger charge is 2.22. The topological polar surface area (TPSA) is 87.3 Å². The number of hydrogen-bond acceptors (Lipinski definition) is 4. The van der Waals surface area contributed by atoms with E-state index < -0.39 is 11.2 Å². The predicted molar refractivity (Wildman–Crippen MR) is 183 cm³/mol. The van der Waals surface area contributed by atoms with Gasteiger partial charge in [-0.3, -0.25) is 14.4 Å². The maximum absolute atomic E-state index is 13.5. The van der Waals surface area contributed by atoms with Gasteiger partial charge in [-0.1, -0.05) is 84.4 Å². The number of aryl methyl sites for hydroxylation is 1. The molecule has 6 nitrogen and oxygen atoms in total. The van der Waals surface area contributed by atoms with E-state index in [4.69, 9.17) is 11.6 Å². The van der Waals surface area contributed by atoms with Crippen LogP contribution in [0.25, 0.3) is 6.08 Å². The highest BCUT2D eigenvalue weighted by atomic mass is 35.5. The van der Waals surface area contributed by atoms with E-state index in [1.165, 1.54) is 11.8 Å². The van der Waals surface area contributed by atoms with Crippen LogP contribution in [0.15, 0.2) is 144 Å². The zero-order chi connectivity index (χ0) is 31.6. The average Bonchev–Trinajstić information content (AvgIpc) is 3.06. The minimum absolute atomic E-state index is 0.111. The number of rotatable bonds is 10. The van der Waals surface area contributed by atoms with E-state index in [1.54, 1.807) is 66.7 Å². The lowest BCUT2D eigenvalue weighted by Gasteiger charge is -2.17. The van der Waals surface area contributed by atoms with Crippen molar-refractivity contribution in [3.05, 3.63) is 166 Å². The van der Waals surface area contributed by atoms with Gasteiger partial charge in [0.1, 0.15) is 10.9 Å². The van der Waals surface area contributed by atoms with Crippen LogP contribution < -0.4 is 16.0 Å². The maximum atomic E-state index is 13.5. The summed E-state index contributed by atoms with van der Waals surface area (Å²) in [5.74, 6) is -1.03. The second-order valence-electron chi connectivity index (χ2n) is 10.1. The van der Waals surface area contributed by atoms with Crippen LogP contribution in [0.4, 0.5) is 11.4 Å². The molecule has 0 saturated heterocycles. The Morgan fingerprint density at radius 2 is 1.27 bits per heavy atom. The third-order valence-electron chi connectivity index (χ3n) is 6.84. The number of carbonyl (C=O) groups is 3. The molecule has 3 N–H and O–H groups in total. The van der Waals surface area contributed by atoms with Gasteiger partial charge in [-0.2, -0.15) is 0 Å². The van der Waals surface area contributed by atoms with E-state index in [9.17, 15) is 14.4 Å². The Balaban J connectivity index is 1.33. The monoisotopic (exact) mass is 631 g/mol. The molecule has 45 heavy (non-hydrogen) atoms. The smallest absolute Gasteiger partial charge is 0.272 e. The molecular formula is C37H30ClN3O3S. The van der Waals surface area contributed by atoms with E-state index in [1.807, 2.05) is 79.7 Å². The van der Waals surface area contributed by atoms with E-state index in [0.717, 1.165) is 21.6 Å². The molecule has 0 bridgehead atoms. The molecule has 5 aromatic carbocycles. The number of nitrogens with one attached hydrogen (secondary N) is 3.